The molecule has 0 aliphatic heterocycles. The highest BCUT2D eigenvalue weighted by atomic mass is 127. The zero-order valence-corrected chi connectivity index (χ0v) is 21.9. The Kier molecular flexibility index (Phi) is 10.7. The second kappa shape index (κ2) is 12.8. The molecule has 1 heterocycles. The molecule has 0 radical (unpaired) electrons. The molecule has 0 saturated heterocycles. The highest BCUT2D eigenvalue weighted by Gasteiger charge is 2.23. The second-order valence-corrected chi connectivity index (χ2v) is 8.68. The Hall–Kier alpha value is -1.000. The van der Waals surface area contributed by atoms with Crippen molar-refractivity contribution >= 4 is 53.3 Å². The summed E-state index contributed by atoms with van der Waals surface area (Å²) in [5.41, 5.74) is 1.20. The van der Waals surface area contributed by atoms with Gasteiger partial charge in [-0.2, -0.15) is 0 Å². The van der Waals surface area contributed by atoms with Gasteiger partial charge in [0.1, 0.15) is 5.82 Å². The van der Waals surface area contributed by atoms with Crippen LogP contribution >= 0.6 is 47.3 Å². The minimum absolute atomic E-state index is 0. The average Bonchev–Trinajstić information content (AvgIpc) is 3.38. The first-order valence-electron chi connectivity index (χ1n) is 10.3. The molecule has 1 N–H and O–H groups in total. The van der Waals surface area contributed by atoms with Gasteiger partial charge in [0.2, 0.25) is 0 Å². The van der Waals surface area contributed by atoms with Crippen LogP contribution in [0.4, 0.5) is 0 Å². The van der Waals surface area contributed by atoms with Crippen LogP contribution in [0, 0.1) is 0 Å². The summed E-state index contributed by atoms with van der Waals surface area (Å²) >= 11 is 7.67. The molecule has 1 aromatic carbocycles. The maximum absolute atomic E-state index is 5.97. The number of nitrogens with zero attached hydrogens (tertiary/aromatic N) is 5. The molecule has 1 aromatic heterocycles. The summed E-state index contributed by atoms with van der Waals surface area (Å²) in [6, 6.07) is 8.51. The molecule has 2 aromatic rings. The zero-order chi connectivity index (χ0) is 20.6. The van der Waals surface area contributed by atoms with Gasteiger partial charge in [0.05, 0.1) is 0 Å². The SMILES string of the molecule is CN=C(NCCCc1nnc(SC)n1C1CCCC1)N(C)Cc1ccc(Cl)cc1.I. The van der Waals surface area contributed by atoms with E-state index < -0.39 is 0 Å². The lowest BCUT2D eigenvalue weighted by Gasteiger charge is -2.22. The molecular weight excluding hydrogens is 531 g/mol. The standard InChI is InChI=1S/C21H31ClN6S.HI/c1-23-20(27(2)15-16-10-12-17(22)13-11-16)24-14-6-9-19-25-26-21(29-3)28(19)18-7-4-5-8-18;/h10-13,18H,4-9,14-15H2,1-3H3,(H,23,24);1H. The van der Waals surface area contributed by atoms with E-state index in [2.05, 4.69) is 36.2 Å². The van der Waals surface area contributed by atoms with Gasteiger partial charge in [-0.05, 0) is 43.2 Å². The second-order valence-electron chi connectivity index (χ2n) is 7.47. The van der Waals surface area contributed by atoms with Crippen molar-refractivity contribution in [3.8, 4) is 0 Å². The Balaban J connectivity index is 0.00000320. The topological polar surface area (TPSA) is 58.3 Å². The van der Waals surface area contributed by atoms with Gasteiger partial charge in [-0.1, -0.05) is 48.3 Å². The molecule has 30 heavy (non-hydrogen) atoms. The van der Waals surface area contributed by atoms with Crippen molar-refractivity contribution in [2.75, 3.05) is 26.9 Å². The molecule has 1 aliphatic rings. The first-order chi connectivity index (χ1) is 14.1. The van der Waals surface area contributed by atoms with E-state index in [0.717, 1.165) is 47.9 Å². The molecule has 9 heteroatoms. The van der Waals surface area contributed by atoms with E-state index in [-0.39, 0.29) is 24.0 Å². The van der Waals surface area contributed by atoms with Crippen molar-refractivity contribution in [1.29, 1.82) is 0 Å². The zero-order valence-electron chi connectivity index (χ0n) is 18.0. The van der Waals surface area contributed by atoms with Gasteiger partial charge in [-0.25, -0.2) is 0 Å². The number of rotatable bonds is 8. The van der Waals surface area contributed by atoms with Gasteiger partial charge in [0.15, 0.2) is 11.1 Å². The monoisotopic (exact) mass is 562 g/mol. The molecule has 1 saturated carbocycles. The fourth-order valence-electron chi connectivity index (χ4n) is 3.92. The Bertz CT molecular complexity index is 804. The predicted octanol–water partition coefficient (Wildman–Crippen LogP) is 5.03. The lowest BCUT2D eigenvalue weighted by atomic mass is 10.2. The smallest absolute Gasteiger partial charge is 0.193 e. The first-order valence-corrected chi connectivity index (χ1v) is 11.9. The van der Waals surface area contributed by atoms with Crippen LogP contribution in [-0.4, -0.2) is 52.5 Å². The summed E-state index contributed by atoms with van der Waals surface area (Å²) in [6.45, 7) is 1.63. The molecule has 1 aliphatic carbocycles. The molecule has 0 atom stereocenters. The number of aromatic nitrogens is 3. The molecule has 0 amide bonds. The van der Waals surface area contributed by atoms with Gasteiger partial charge < -0.3 is 14.8 Å². The normalized spacial score (nSPS) is 14.6. The van der Waals surface area contributed by atoms with Crippen molar-refractivity contribution in [3.05, 3.63) is 40.7 Å². The van der Waals surface area contributed by atoms with Crippen LogP contribution in [0.5, 0.6) is 0 Å². The van der Waals surface area contributed by atoms with Crippen molar-refractivity contribution in [2.45, 2.75) is 56.3 Å². The number of aryl methyl sites for hydroxylation is 1. The lowest BCUT2D eigenvalue weighted by molar-refractivity contribution is 0.457. The number of hydrogen-bond donors (Lipinski definition) is 1. The summed E-state index contributed by atoms with van der Waals surface area (Å²) in [6.07, 6.45) is 9.13. The molecule has 3 rings (SSSR count). The van der Waals surface area contributed by atoms with Gasteiger partial charge >= 0.3 is 0 Å². The maximum Gasteiger partial charge on any atom is 0.193 e. The van der Waals surface area contributed by atoms with Crippen LogP contribution in [-0.2, 0) is 13.0 Å². The van der Waals surface area contributed by atoms with E-state index in [9.17, 15) is 0 Å². The Morgan fingerprint density at radius 3 is 2.60 bits per heavy atom. The van der Waals surface area contributed by atoms with Crippen LogP contribution in [0.1, 0.15) is 49.5 Å². The fraction of sp³-hybridized carbons (Fsp3) is 0.571. The third-order valence-corrected chi connectivity index (χ3v) is 6.27. The Morgan fingerprint density at radius 1 is 1.27 bits per heavy atom. The van der Waals surface area contributed by atoms with Crippen molar-refractivity contribution < 1.29 is 0 Å². The van der Waals surface area contributed by atoms with Gasteiger partial charge in [-0.15, -0.1) is 34.2 Å². The van der Waals surface area contributed by atoms with E-state index in [1.165, 1.54) is 31.2 Å². The quantitative estimate of drug-likeness (QED) is 0.161. The summed E-state index contributed by atoms with van der Waals surface area (Å²) in [7, 11) is 3.87. The minimum Gasteiger partial charge on any atom is -0.356 e. The van der Waals surface area contributed by atoms with Crippen molar-refractivity contribution in [3.63, 3.8) is 0 Å². The van der Waals surface area contributed by atoms with Crippen LogP contribution in [0.25, 0.3) is 0 Å². The Labute approximate surface area is 206 Å². The van der Waals surface area contributed by atoms with Crippen LogP contribution in [0.15, 0.2) is 34.4 Å². The van der Waals surface area contributed by atoms with Crippen molar-refractivity contribution in [2.24, 2.45) is 4.99 Å². The average molecular weight is 563 g/mol. The molecular formula is C21H32ClIN6S. The molecule has 0 spiro atoms. The first kappa shape index (κ1) is 25.3. The number of benzene rings is 1. The van der Waals surface area contributed by atoms with E-state index in [1.54, 1.807) is 11.8 Å². The summed E-state index contributed by atoms with van der Waals surface area (Å²) < 4.78 is 2.39. The number of hydrogen-bond acceptors (Lipinski definition) is 4. The number of aliphatic imine (C=N–C) groups is 1. The molecule has 6 nitrogen and oxygen atoms in total. The predicted molar refractivity (Wildman–Crippen MR) is 137 cm³/mol. The molecule has 1 fully saturated rings. The minimum atomic E-state index is 0. The molecule has 0 bridgehead atoms. The van der Waals surface area contributed by atoms with Gasteiger partial charge in [-0.3, -0.25) is 4.99 Å². The summed E-state index contributed by atoms with van der Waals surface area (Å²) in [4.78, 5) is 6.53. The third-order valence-electron chi connectivity index (χ3n) is 5.37. The van der Waals surface area contributed by atoms with E-state index >= 15 is 0 Å². The largest absolute Gasteiger partial charge is 0.356 e. The van der Waals surface area contributed by atoms with E-state index in [0.29, 0.717) is 6.04 Å². The highest BCUT2D eigenvalue weighted by Crippen LogP contribution is 2.33. The molecule has 166 valence electrons. The Morgan fingerprint density at radius 2 is 1.97 bits per heavy atom. The van der Waals surface area contributed by atoms with Crippen LogP contribution in [0.3, 0.4) is 0 Å². The van der Waals surface area contributed by atoms with Gasteiger partial charge in [0, 0.05) is 44.7 Å². The van der Waals surface area contributed by atoms with Crippen LogP contribution in [0.2, 0.25) is 5.02 Å². The fourth-order valence-corrected chi connectivity index (χ4v) is 4.62. The van der Waals surface area contributed by atoms with Crippen LogP contribution < -0.4 is 5.32 Å². The number of halogens is 2. The van der Waals surface area contributed by atoms with Crippen molar-refractivity contribution in [1.82, 2.24) is 25.0 Å². The van der Waals surface area contributed by atoms with E-state index in [4.69, 9.17) is 11.6 Å². The highest BCUT2D eigenvalue weighted by molar-refractivity contribution is 14.0. The summed E-state index contributed by atoms with van der Waals surface area (Å²) in [5, 5.41) is 14.2. The number of thioether (sulfide) groups is 1. The number of nitrogens with one attached hydrogen (secondary N) is 1. The molecule has 0 unspecified atom stereocenters. The van der Waals surface area contributed by atoms with Gasteiger partial charge in [0.25, 0.3) is 0 Å². The third kappa shape index (κ3) is 6.75. The lowest BCUT2D eigenvalue weighted by Crippen LogP contribution is -2.39. The number of guanidine groups is 1. The summed E-state index contributed by atoms with van der Waals surface area (Å²) in [5.74, 6) is 2.01. The maximum atomic E-state index is 5.97. The van der Waals surface area contributed by atoms with E-state index in [1.807, 2.05) is 38.4 Å².